The van der Waals surface area contributed by atoms with Gasteiger partial charge in [-0.2, -0.15) is 0 Å². The first-order valence-corrected chi connectivity index (χ1v) is 23.6. The number of benzene rings is 8. The summed E-state index contributed by atoms with van der Waals surface area (Å²) in [5.74, 6) is 0. The zero-order valence-corrected chi connectivity index (χ0v) is 38.8. The molecule has 11 aromatic rings. The molecule has 0 radical (unpaired) electrons. The summed E-state index contributed by atoms with van der Waals surface area (Å²) < 4.78 is 13.7. The van der Waals surface area contributed by atoms with Crippen molar-refractivity contribution in [3.05, 3.63) is 203 Å². The zero-order chi connectivity index (χ0) is 45.3. The highest BCUT2D eigenvalue weighted by molar-refractivity contribution is 6.21. The number of pyridine rings is 1. The van der Waals surface area contributed by atoms with Gasteiger partial charge in [0.15, 0.2) is 0 Å². The van der Waals surface area contributed by atoms with E-state index in [4.69, 9.17) is 8.83 Å². The van der Waals surface area contributed by atoms with Crippen LogP contribution in [0.15, 0.2) is 173 Å². The third kappa shape index (κ3) is 4.90. The molecule has 3 aliphatic carbocycles. The smallest absolute Gasteiger partial charge is 0.144 e. The molecule has 8 aromatic carbocycles. The Labute approximate surface area is 390 Å². The Morgan fingerprint density at radius 3 is 1.67 bits per heavy atom. The van der Waals surface area contributed by atoms with Crippen molar-refractivity contribution in [2.45, 2.75) is 64.7 Å². The lowest BCUT2D eigenvalue weighted by Crippen LogP contribution is -2.24. The van der Waals surface area contributed by atoms with Crippen LogP contribution in [-0.2, 0) is 16.2 Å². The minimum atomic E-state index is -0.319. The first kappa shape index (κ1) is 38.6. The second-order valence-electron chi connectivity index (χ2n) is 20.7. The lowest BCUT2D eigenvalue weighted by molar-refractivity contribution is 0.600. The molecule has 4 nitrogen and oxygen atoms in total. The number of hydrogen-bond acceptors (Lipinski definition) is 4. The SMILES string of the molecule is Cc1ccccc1N(c1ccc2c(c1)C(C)(C)c1cc(-c3ccncc3)c3oc4ccccc4c3c1-2)c1ccc2c(c1)C(C)(C)c1c3c(c4oc5ccccc5c4c1-2)-c1ccccc1C3(C)C. The maximum atomic E-state index is 6.97. The molecule has 67 heavy (non-hydrogen) atoms. The Morgan fingerprint density at radius 1 is 0.433 bits per heavy atom. The lowest BCUT2D eigenvalue weighted by atomic mass is 9.72. The molecule has 0 fully saturated rings. The highest BCUT2D eigenvalue weighted by atomic mass is 16.3. The fourth-order valence-corrected chi connectivity index (χ4v) is 12.9. The van der Waals surface area contributed by atoms with Crippen molar-refractivity contribution >= 4 is 60.9 Å². The van der Waals surface area contributed by atoms with Gasteiger partial charge in [0, 0.05) is 78.4 Å². The number of rotatable bonds is 4. The molecular formula is C63H48N2O2. The van der Waals surface area contributed by atoms with Crippen molar-refractivity contribution in [1.29, 1.82) is 0 Å². The van der Waals surface area contributed by atoms with E-state index in [1.165, 1.54) is 88.5 Å². The summed E-state index contributed by atoms with van der Waals surface area (Å²) in [6.07, 6.45) is 3.74. The molecule has 0 saturated heterocycles. The van der Waals surface area contributed by atoms with Gasteiger partial charge in [-0.3, -0.25) is 4.98 Å². The minimum Gasteiger partial charge on any atom is -0.455 e. The van der Waals surface area contributed by atoms with Crippen LogP contribution in [0.25, 0.3) is 88.4 Å². The first-order valence-electron chi connectivity index (χ1n) is 23.6. The van der Waals surface area contributed by atoms with Gasteiger partial charge in [0.25, 0.3) is 0 Å². The quantitative estimate of drug-likeness (QED) is 0.177. The summed E-state index contributed by atoms with van der Waals surface area (Å²) in [6, 6.07) is 55.8. The Bertz CT molecular complexity index is 3970. The van der Waals surface area contributed by atoms with Gasteiger partial charge in [-0.25, -0.2) is 0 Å². The summed E-state index contributed by atoms with van der Waals surface area (Å²) in [5.41, 5.74) is 25.5. The molecule has 0 unspecified atom stereocenters. The van der Waals surface area contributed by atoms with E-state index in [-0.39, 0.29) is 16.2 Å². The van der Waals surface area contributed by atoms with Gasteiger partial charge in [0.05, 0.1) is 0 Å². The van der Waals surface area contributed by atoms with Gasteiger partial charge in [-0.05, 0) is 140 Å². The number of aromatic nitrogens is 1. The summed E-state index contributed by atoms with van der Waals surface area (Å²) >= 11 is 0. The van der Waals surface area contributed by atoms with Crippen molar-refractivity contribution < 1.29 is 8.83 Å². The number of furan rings is 2. The summed E-state index contributed by atoms with van der Waals surface area (Å²) in [6.45, 7) is 16.7. The Hall–Kier alpha value is -7.69. The van der Waals surface area contributed by atoms with E-state index in [0.29, 0.717) is 0 Å². The van der Waals surface area contributed by atoms with Crippen molar-refractivity contribution in [2.75, 3.05) is 4.90 Å². The van der Waals surface area contributed by atoms with Crippen molar-refractivity contribution in [3.63, 3.8) is 0 Å². The third-order valence-electron chi connectivity index (χ3n) is 16.0. The van der Waals surface area contributed by atoms with Crippen molar-refractivity contribution in [3.8, 4) is 44.5 Å². The van der Waals surface area contributed by atoms with Crippen LogP contribution < -0.4 is 4.90 Å². The summed E-state index contributed by atoms with van der Waals surface area (Å²) in [5, 5.41) is 4.70. The molecule has 0 spiro atoms. The predicted molar refractivity (Wildman–Crippen MR) is 276 cm³/mol. The fraction of sp³-hybridized carbons (Fsp3) is 0.159. The fourth-order valence-electron chi connectivity index (χ4n) is 12.9. The van der Waals surface area contributed by atoms with E-state index in [2.05, 4.69) is 210 Å². The summed E-state index contributed by atoms with van der Waals surface area (Å²) in [7, 11) is 0. The number of hydrogen-bond donors (Lipinski definition) is 0. The number of para-hydroxylation sites is 3. The Kier molecular flexibility index (Phi) is 7.49. The van der Waals surface area contributed by atoms with Gasteiger partial charge in [-0.15, -0.1) is 0 Å². The lowest BCUT2D eigenvalue weighted by Gasteiger charge is -2.32. The maximum Gasteiger partial charge on any atom is 0.144 e. The van der Waals surface area contributed by atoms with Crippen LogP contribution in [0.2, 0.25) is 0 Å². The third-order valence-corrected chi connectivity index (χ3v) is 16.0. The number of nitrogens with zero attached hydrogens (tertiary/aromatic N) is 2. The van der Waals surface area contributed by atoms with Gasteiger partial charge in [0.1, 0.15) is 22.3 Å². The average molecular weight is 865 g/mol. The molecule has 0 amide bonds. The van der Waals surface area contributed by atoms with Crippen LogP contribution in [0.4, 0.5) is 17.1 Å². The largest absolute Gasteiger partial charge is 0.455 e. The van der Waals surface area contributed by atoms with Gasteiger partial charge in [0.2, 0.25) is 0 Å². The monoisotopic (exact) mass is 864 g/mol. The second-order valence-corrected chi connectivity index (χ2v) is 20.7. The molecule has 0 N–H and O–H groups in total. The standard InChI is InChI=1S/C63H48N2O2/c1-35-16-8-13-21-49(35)65(37-24-26-40-46(32-37)61(2,3)48-34-44(36-28-30-64-31-29-36)59-54(52(40)48)42-18-10-14-22-50(42)66-59)38-25-27-41-47(33-38)63(6,7)57-53(41)55-43-19-11-15-23-51(43)67-60(55)56-39-17-9-12-20-45(39)62(4,5)58(56)57/h8-34H,1-7H3. The Balaban J connectivity index is 0.993. The normalized spacial score (nSPS) is 15.4. The van der Waals surface area contributed by atoms with Crippen molar-refractivity contribution in [2.24, 2.45) is 0 Å². The van der Waals surface area contributed by atoms with E-state index >= 15 is 0 Å². The maximum absolute atomic E-state index is 6.97. The van der Waals surface area contributed by atoms with Crippen LogP contribution in [0.1, 0.15) is 80.5 Å². The molecule has 0 bridgehead atoms. The molecule has 3 aliphatic rings. The summed E-state index contributed by atoms with van der Waals surface area (Å²) in [4.78, 5) is 6.85. The van der Waals surface area contributed by atoms with E-state index in [1.54, 1.807) is 0 Å². The molecule has 3 aromatic heterocycles. The van der Waals surface area contributed by atoms with Crippen LogP contribution in [0.3, 0.4) is 0 Å². The number of aryl methyl sites for hydroxylation is 1. The first-order chi connectivity index (χ1) is 32.4. The minimum absolute atomic E-state index is 0.222. The van der Waals surface area contributed by atoms with Gasteiger partial charge >= 0.3 is 0 Å². The highest BCUT2D eigenvalue weighted by Gasteiger charge is 2.49. The van der Waals surface area contributed by atoms with Crippen LogP contribution in [-0.4, -0.2) is 4.98 Å². The van der Waals surface area contributed by atoms with Crippen LogP contribution in [0, 0.1) is 6.92 Å². The topological polar surface area (TPSA) is 42.4 Å². The van der Waals surface area contributed by atoms with Crippen LogP contribution in [0.5, 0.6) is 0 Å². The molecular weight excluding hydrogens is 817 g/mol. The van der Waals surface area contributed by atoms with E-state index in [0.717, 1.165) is 55.9 Å². The van der Waals surface area contributed by atoms with Gasteiger partial charge < -0.3 is 13.7 Å². The zero-order valence-electron chi connectivity index (χ0n) is 38.8. The number of anilines is 3. The molecule has 0 atom stereocenters. The Morgan fingerprint density at radius 2 is 0.970 bits per heavy atom. The molecule has 3 heterocycles. The number of fused-ring (bicyclic) bond motifs is 19. The van der Waals surface area contributed by atoms with E-state index in [1.807, 2.05) is 12.4 Å². The van der Waals surface area contributed by atoms with Crippen molar-refractivity contribution in [1.82, 2.24) is 4.98 Å². The molecule has 14 rings (SSSR count). The highest BCUT2D eigenvalue weighted by Crippen LogP contribution is 2.64. The molecule has 0 aliphatic heterocycles. The van der Waals surface area contributed by atoms with E-state index < -0.39 is 0 Å². The van der Waals surface area contributed by atoms with Crippen LogP contribution >= 0.6 is 0 Å². The van der Waals surface area contributed by atoms with E-state index in [9.17, 15) is 0 Å². The predicted octanol–water partition coefficient (Wildman–Crippen LogP) is 17.2. The molecule has 322 valence electrons. The molecule has 0 saturated carbocycles. The molecule has 4 heteroatoms. The average Bonchev–Trinajstić information content (AvgIpc) is 4.09. The van der Waals surface area contributed by atoms with Gasteiger partial charge in [-0.1, -0.05) is 133 Å². The second kappa shape index (κ2) is 13.0.